The maximum Gasteiger partial charge on any atom is 0.252 e. The van der Waals surface area contributed by atoms with Crippen molar-refractivity contribution in [1.82, 2.24) is 5.32 Å². The second kappa shape index (κ2) is 5.97. The minimum Gasteiger partial charge on any atom is -0.487 e. The lowest BCUT2D eigenvalue weighted by Gasteiger charge is -2.38. The molecule has 0 bridgehead atoms. The highest BCUT2D eigenvalue weighted by atomic mass is 16.5. The molecule has 2 aromatic rings. The predicted octanol–water partition coefficient (Wildman–Crippen LogP) is 4.64. The highest BCUT2D eigenvalue weighted by molar-refractivity contribution is 5.96. The second-order valence-electron chi connectivity index (χ2n) is 7.38. The van der Waals surface area contributed by atoms with Crippen LogP contribution in [0.4, 0.5) is 0 Å². The number of carbonyl (C=O) groups is 1. The number of hydrogen-bond donors (Lipinski definition) is 1. The molecule has 1 N–H and O–H groups in total. The minimum absolute atomic E-state index is 0.0203. The molecular formula is C21H25NO2. The lowest BCUT2D eigenvalue weighted by molar-refractivity contribution is 0.0619. The SMILES string of the molecule is Cc1cc(C)c(C(=O)NC2CC(C)(C)Oc3ccccc32)cc1C. The molecule has 0 aliphatic carbocycles. The maximum atomic E-state index is 12.9. The summed E-state index contributed by atoms with van der Waals surface area (Å²) in [7, 11) is 0. The van der Waals surface area contributed by atoms with Crippen LogP contribution in [-0.4, -0.2) is 11.5 Å². The summed E-state index contributed by atoms with van der Waals surface area (Å²) in [6, 6.07) is 12.0. The fourth-order valence-corrected chi connectivity index (χ4v) is 3.37. The Morgan fingerprint density at radius 2 is 1.75 bits per heavy atom. The largest absolute Gasteiger partial charge is 0.487 e. The topological polar surface area (TPSA) is 38.3 Å². The first-order valence-electron chi connectivity index (χ1n) is 8.43. The Morgan fingerprint density at radius 3 is 2.50 bits per heavy atom. The van der Waals surface area contributed by atoms with Crippen molar-refractivity contribution >= 4 is 5.91 Å². The second-order valence-corrected chi connectivity index (χ2v) is 7.38. The molecule has 1 unspecified atom stereocenters. The monoisotopic (exact) mass is 323 g/mol. The molecule has 1 aliphatic heterocycles. The van der Waals surface area contributed by atoms with Crippen LogP contribution in [-0.2, 0) is 0 Å². The number of carbonyl (C=O) groups excluding carboxylic acids is 1. The number of rotatable bonds is 2. The third-order valence-corrected chi connectivity index (χ3v) is 4.77. The number of aryl methyl sites for hydroxylation is 3. The first-order valence-corrected chi connectivity index (χ1v) is 8.43. The summed E-state index contributed by atoms with van der Waals surface area (Å²) in [5.74, 6) is 0.837. The quantitative estimate of drug-likeness (QED) is 0.874. The van der Waals surface area contributed by atoms with Crippen molar-refractivity contribution < 1.29 is 9.53 Å². The summed E-state index contributed by atoms with van der Waals surface area (Å²) in [6.45, 7) is 10.2. The van der Waals surface area contributed by atoms with E-state index in [9.17, 15) is 4.79 Å². The zero-order valence-electron chi connectivity index (χ0n) is 15.1. The molecule has 1 atom stereocenters. The average Bonchev–Trinajstić information content (AvgIpc) is 2.49. The number of nitrogens with one attached hydrogen (secondary N) is 1. The van der Waals surface area contributed by atoms with Gasteiger partial charge in [0.05, 0.1) is 6.04 Å². The van der Waals surface area contributed by atoms with Crippen molar-refractivity contribution in [1.29, 1.82) is 0 Å². The molecule has 126 valence electrons. The van der Waals surface area contributed by atoms with Gasteiger partial charge >= 0.3 is 0 Å². The zero-order chi connectivity index (χ0) is 17.5. The number of para-hydroxylation sites is 1. The minimum atomic E-state index is -0.301. The molecule has 0 spiro atoms. The fourth-order valence-electron chi connectivity index (χ4n) is 3.37. The van der Waals surface area contributed by atoms with Crippen LogP contribution in [0.2, 0.25) is 0 Å². The first-order chi connectivity index (χ1) is 11.3. The van der Waals surface area contributed by atoms with Gasteiger partial charge in [0.15, 0.2) is 0 Å². The van der Waals surface area contributed by atoms with Crippen LogP contribution in [0.25, 0.3) is 0 Å². The van der Waals surface area contributed by atoms with Gasteiger partial charge in [0.2, 0.25) is 0 Å². The molecule has 1 aliphatic rings. The van der Waals surface area contributed by atoms with E-state index in [0.717, 1.165) is 34.4 Å². The van der Waals surface area contributed by atoms with E-state index in [1.807, 2.05) is 44.2 Å². The van der Waals surface area contributed by atoms with Crippen LogP contribution in [0.15, 0.2) is 36.4 Å². The van der Waals surface area contributed by atoms with Crippen molar-refractivity contribution in [2.24, 2.45) is 0 Å². The molecule has 1 heterocycles. The lowest BCUT2D eigenvalue weighted by Crippen LogP contribution is -2.41. The van der Waals surface area contributed by atoms with Crippen LogP contribution in [0, 0.1) is 20.8 Å². The maximum absolute atomic E-state index is 12.9. The molecule has 3 rings (SSSR count). The van der Waals surface area contributed by atoms with Crippen molar-refractivity contribution in [3.63, 3.8) is 0 Å². The van der Waals surface area contributed by atoms with Crippen LogP contribution in [0.1, 0.15) is 58.9 Å². The standard InChI is InChI=1S/C21H25NO2/c1-13-10-15(3)17(11-14(13)2)20(23)22-18-12-21(4,5)24-19-9-7-6-8-16(18)19/h6-11,18H,12H2,1-5H3,(H,22,23). The number of hydrogen-bond acceptors (Lipinski definition) is 2. The van der Waals surface area contributed by atoms with E-state index in [1.165, 1.54) is 5.56 Å². The summed E-state index contributed by atoms with van der Waals surface area (Å²) in [4.78, 5) is 12.9. The smallest absolute Gasteiger partial charge is 0.252 e. The van der Waals surface area contributed by atoms with E-state index < -0.39 is 0 Å². The Bertz CT molecular complexity index is 792. The van der Waals surface area contributed by atoms with Gasteiger partial charge in [-0.05, 0) is 63.4 Å². The van der Waals surface area contributed by atoms with E-state index in [-0.39, 0.29) is 17.6 Å². The average molecular weight is 323 g/mol. The normalized spacial score (nSPS) is 18.5. The molecule has 3 heteroatoms. The van der Waals surface area contributed by atoms with Crippen LogP contribution in [0.5, 0.6) is 5.75 Å². The van der Waals surface area contributed by atoms with E-state index >= 15 is 0 Å². The number of fused-ring (bicyclic) bond motifs is 1. The first kappa shape index (κ1) is 16.6. The highest BCUT2D eigenvalue weighted by Crippen LogP contribution is 2.39. The van der Waals surface area contributed by atoms with Gasteiger partial charge in [-0.2, -0.15) is 0 Å². The molecule has 0 saturated heterocycles. The van der Waals surface area contributed by atoms with E-state index in [2.05, 4.69) is 32.2 Å². The van der Waals surface area contributed by atoms with Crippen molar-refractivity contribution in [3.8, 4) is 5.75 Å². The fraction of sp³-hybridized carbons (Fsp3) is 0.381. The van der Waals surface area contributed by atoms with E-state index in [0.29, 0.717) is 0 Å². The van der Waals surface area contributed by atoms with Crippen LogP contribution >= 0.6 is 0 Å². The summed E-state index contributed by atoms with van der Waals surface area (Å²) in [5.41, 5.74) is 4.85. The van der Waals surface area contributed by atoms with Gasteiger partial charge < -0.3 is 10.1 Å². The highest BCUT2D eigenvalue weighted by Gasteiger charge is 2.34. The van der Waals surface area contributed by atoms with E-state index in [4.69, 9.17) is 4.74 Å². The van der Waals surface area contributed by atoms with Gasteiger partial charge in [0.1, 0.15) is 11.4 Å². The van der Waals surface area contributed by atoms with Gasteiger partial charge in [-0.25, -0.2) is 0 Å². The van der Waals surface area contributed by atoms with Crippen molar-refractivity contribution in [2.45, 2.75) is 52.7 Å². The molecule has 0 fully saturated rings. The molecule has 0 radical (unpaired) electrons. The lowest BCUT2D eigenvalue weighted by atomic mass is 9.89. The summed E-state index contributed by atoms with van der Waals surface area (Å²) in [6.07, 6.45) is 0.750. The molecule has 2 aromatic carbocycles. The Hall–Kier alpha value is -2.29. The number of benzene rings is 2. The molecule has 0 aromatic heterocycles. The number of ether oxygens (including phenoxy) is 1. The molecule has 24 heavy (non-hydrogen) atoms. The third-order valence-electron chi connectivity index (χ3n) is 4.77. The molecule has 3 nitrogen and oxygen atoms in total. The van der Waals surface area contributed by atoms with Crippen molar-refractivity contribution in [3.05, 3.63) is 64.2 Å². The summed E-state index contributed by atoms with van der Waals surface area (Å²) >= 11 is 0. The third kappa shape index (κ3) is 3.16. The Labute approximate surface area is 144 Å². The van der Waals surface area contributed by atoms with Gasteiger partial charge in [0, 0.05) is 17.5 Å². The van der Waals surface area contributed by atoms with Gasteiger partial charge in [-0.3, -0.25) is 4.79 Å². The molecule has 1 amide bonds. The van der Waals surface area contributed by atoms with Gasteiger partial charge in [0.25, 0.3) is 5.91 Å². The zero-order valence-corrected chi connectivity index (χ0v) is 15.1. The van der Waals surface area contributed by atoms with Gasteiger partial charge in [-0.15, -0.1) is 0 Å². The summed E-state index contributed by atoms with van der Waals surface area (Å²) < 4.78 is 6.04. The van der Waals surface area contributed by atoms with E-state index in [1.54, 1.807) is 0 Å². The van der Waals surface area contributed by atoms with Crippen LogP contribution < -0.4 is 10.1 Å². The van der Waals surface area contributed by atoms with Crippen LogP contribution in [0.3, 0.4) is 0 Å². The van der Waals surface area contributed by atoms with Gasteiger partial charge in [-0.1, -0.05) is 24.3 Å². The molecule has 0 saturated carbocycles. The summed E-state index contributed by atoms with van der Waals surface area (Å²) in [5, 5.41) is 3.22. The Morgan fingerprint density at radius 1 is 1.08 bits per heavy atom. The van der Waals surface area contributed by atoms with Crippen molar-refractivity contribution in [2.75, 3.05) is 0 Å². The predicted molar refractivity (Wildman–Crippen MR) is 96.6 cm³/mol. The Kier molecular flexibility index (Phi) is 4.12. The molecular weight excluding hydrogens is 298 g/mol. The number of amides is 1. The Balaban J connectivity index is 1.91.